The van der Waals surface area contributed by atoms with Gasteiger partial charge in [-0.15, -0.1) is 0 Å². The minimum absolute atomic E-state index is 0.0288. The zero-order valence-corrected chi connectivity index (χ0v) is 16.4. The number of halogens is 1. The first-order valence-corrected chi connectivity index (χ1v) is 8.66. The van der Waals surface area contributed by atoms with Crippen molar-refractivity contribution in [1.82, 2.24) is 0 Å². The van der Waals surface area contributed by atoms with Gasteiger partial charge in [0.15, 0.2) is 0 Å². The number of hydrogen-bond acceptors (Lipinski definition) is 4. The monoisotopic (exact) mass is 364 g/mol. The molecule has 0 fully saturated rings. The van der Waals surface area contributed by atoms with E-state index in [4.69, 9.17) is 21.1 Å². The van der Waals surface area contributed by atoms with Gasteiger partial charge in [0.05, 0.1) is 23.8 Å². The molecule has 0 saturated carbocycles. The van der Waals surface area contributed by atoms with Gasteiger partial charge in [-0.2, -0.15) is 0 Å². The fraction of sp³-hybridized carbons (Fsp3) is 0.500. The minimum Gasteiger partial charge on any atom is -0.486 e. The smallest absolute Gasteiger partial charge is 0.233 e. The van der Waals surface area contributed by atoms with Crippen LogP contribution in [0.1, 0.15) is 62.3 Å². The second-order valence-corrected chi connectivity index (χ2v) is 9.08. The number of Topliss-reactive ketones (excluding diaryl/α,β-unsaturated/α-hetero) is 2. The molecule has 0 aliphatic heterocycles. The van der Waals surface area contributed by atoms with Crippen LogP contribution in [0.25, 0.3) is 0 Å². The molecule has 0 amide bonds. The number of allylic oxidation sites excluding steroid dienone is 2. The first-order valence-electron chi connectivity index (χ1n) is 8.28. The lowest BCUT2D eigenvalue weighted by atomic mass is 9.91. The number of ketones is 2. The van der Waals surface area contributed by atoms with Crippen LogP contribution in [0.2, 0.25) is 5.02 Å². The van der Waals surface area contributed by atoms with E-state index in [0.717, 1.165) is 0 Å². The number of carbonyl (C=O) groups is 2. The normalized spacial score (nSPS) is 15.3. The molecule has 0 saturated heterocycles. The molecule has 0 heterocycles. The molecule has 1 aliphatic rings. The summed E-state index contributed by atoms with van der Waals surface area (Å²) in [6, 6.07) is 4.82. The van der Waals surface area contributed by atoms with Crippen LogP contribution in [-0.2, 0) is 9.47 Å². The Morgan fingerprint density at radius 1 is 0.840 bits per heavy atom. The molecule has 136 valence electrons. The van der Waals surface area contributed by atoms with Crippen LogP contribution in [0.4, 0.5) is 0 Å². The second-order valence-electron chi connectivity index (χ2n) is 8.68. The van der Waals surface area contributed by atoms with Crippen LogP contribution in [-0.4, -0.2) is 24.8 Å². The summed E-state index contributed by atoms with van der Waals surface area (Å²) in [5, 5.41) is 0.239. The van der Waals surface area contributed by atoms with Crippen molar-refractivity contribution in [3.05, 3.63) is 45.9 Å². The summed E-state index contributed by atoms with van der Waals surface area (Å²) < 4.78 is 11.5. The van der Waals surface area contributed by atoms with Crippen molar-refractivity contribution in [2.45, 2.75) is 41.5 Å². The number of benzene rings is 1. The Labute approximate surface area is 154 Å². The van der Waals surface area contributed by atoms with E-state index in [0.29, 0.717) is 6.61 Å². The van der Waals surface area contributed by atoms with Crippen LogP contribution < -0.4 is 0 Å². The zero-order valence-electron chi connectivity index (χ0n) is 15.7. The third-order valence-corrected chi connectivity index (χ3v) is 3.72. The van der Waals surface area contributed by atoms with E-state index in [-0.39, 0.29) is 50.9 Å². The van der Waals surface area contributed by atoms with Gasteiger partial charge in [0, 0.05) is 5.56 Å². The molecule has 0 radical (unpaired) electrons. The van der Waals surface area contributed by atoms with Gasteiger partial charge < -0.3 is 9.47 Å². The van der Waals surface area contributed by atoms with E-state index in [1.807, 2.05) is 41.5 Å². The molecule has 1 aromatic rings. The van der Waals surface area contributed by atoms with Crippen molar-refractivity contribution < 1.29 is 19.1 Å². The molecular weight excluding hydrogens is 340 g/mol. The van der Waals surface area contributed by atoms with E-state index < -0.39 is 5.78 Å². The van der Waals surface area contributed by atoms with Gasteiger partial charge in [-0.25, -0.2) is 0 Å². The summed E-state index contributed by atoms with van der Waals surface area (Å²) in [6.07, 6.45) is 0. The summed E-state index contributed by atoms with van der Waals surface area (Å²) >= 11 is 6.16. The topological polar surface area (TPSA) is 52.6 Å². The van der Waals surface area contributed by atoms with E-state index in [9.17, 15) is 9.59 Å². The molecule has 2 rings (SSSR count). The van der Waals surface area contributed by atoms with Crippen molar-refractivity contribution in [3.8, 4) is 0 Å². The summed E-state index contributed by atoms with van der Waals surface area (Å²) in [5.74, 6) is -0.859. The SMILES string of the molecule is CC(C)(C)COC1=C(OCC(C)(C)C)C(=O)c2c(Cl)cccc2C1=O. The number of fused-ring (bicyclic) bond motifs is 1. The van der Waals surface area contributed by atoms with Crippen LogP contribution in [0.5, 0.6) is 0 Å². The summed E-state index contributed by atoms with van der Waals surface area (Å²) in [4.78, 5) is 25.8. The largest absolute Gasteiger partial charge is 0.486 e. The molecule has 0 unspecified atom stereocenters. The van der Waals surface area contributed by atoms with Crippen LogP contribution in [0.15, 0.2) is 29.7 Å². The van der Waals surface area contributed by atoms with Gasteiger partial charge in [-0.05, 0) is 16.9 Å². The highest BCUT2D eigenvalue weighted by Gasteiger charge is 2.37. The molecule has 1 aliphatic carbocycles. The van der Waals surface area contributed by atoms with Crippen molar-refractivity contribution in [1.29, 1.82) is 0 Å². The number of rotatable bonds is 4. The van der Waals surface area contributed by atoms with Crippen molar-refractivity contribution in [3.63, 3.8) is 0 Å². The molecular formula is C20H25ClO4. The average Bonchev–Trinajstić information content (AvgIpc) is 2.46. The van der Waals surface area contributed by atoms with Crippen molar-refractivity contribution >= 4 is 23.2 Å². The van der Waals surface area contributed by atoms with E-state index in [2.05, 4.69) is 0 Å². The number of carbonyl (C=O) groups excluding carboxylic acids is 2. The Balaban J connectivity index is 2.48. The Hall–Kier alpha value is -1.81. The third kappa shape index (κ3) is 4.63. The minimum atomic E-state index is -0.409. The molecule has 0 atom stereocenters. The van der Waals surface area contributed by atoms with Crippen molar-refractivity contribution in [2.24, 2.45) is 10.8 Å². The highest BCUT2D eigenvalue weighted by atomic mass is 35.5. The first kappa shape index (κ1) is 19.5. The Kier molecular flexibility index (Phi) is 5.33. The quantitative estimate of drug-likeness (QED) is 0.749. The van der Waals surface area contributed by atoms with Crippen LogP contribution in [0.3, 0.4) is 0 Å². The lowest BCUT2D eigenvalue weighted by molar-refractivity contribution is 0.0571. The predicted octanol–water partition coefficient (Wildman–Crippen LogP) is 5.06. The summed E-state index contributed by atoms with van der Waals surface area (Å²) in [6.45, 7) is 12.5. The van der Waals surface area contributed by atoms with Crippen molar-refractivity contribution in [2.75, 3.05) is 13.2 Å². The second kappa shape index (κ2) is 6.83. The summed E-state index contributed by atoms with van der Waals surface area (Å²) in [5.41, 5.74) is 0.0949. The summed E-state index contributed by atoms with van der Waals surface area (Å²) in [7, 11) is 0. The zero-order chi connectivity index (χ0) is 19.0. The lowest BCUT2D eigenvalue weighted by Crippen LogP contribution is -2.29. The fourth-order valence-electron chi connectivity index (χ4n) is 2.23. The van der Waals surface area contributed by atoms with Gasteiger partial charge in [-0.3, -0.25) is 9.59 Å². The Bertz CT molecular complexity index is 733. The molecule has 25 heavy (non-hydrogen) atoms. The molecule has 0 bridgehead atoms. The third-order valence-electron chi connectivity index (χ3n) is 3.40. The predicted molar refractivity (Wildman–Crippen MR) is 98.0 cm³/mol. The number of hydrogen-bond donors (Lipinski definition) is 0. The van der Waals surface area contributed by atoms with E-state index >= 15 is 0 Å². The average molecular weight is 365 g/mol. The maximum atomic E-state index is 12.9. The number of ether oxygens (including phenoxy) is 2. The Morgan fingerprint density at radius 2 is 1.32 bits per heavy atom. The fourth-order valence-corrected chi connectivity index (χ4v) is 2.49. The van der Waals surface area contributed by atoms with Crippen LogP contribution in [0, 0.1) is 10.8 Å². The molecule has 0 spiro atoms. The molecule has 1 aromatic carbocycles. The molecule has 0 aromatic heterocycles. The van der Waals surface area contributed by atoms with Gasteiger partial charge >= 0.3 is 0 Å². The molecule has 0 N–H and O–H groups in total. The molecule has 4 nitrogen and oxygen atoms in total. The highest BCUT2D eigenvalue weighted by Crippen LogP contribution is 2.33. The lowest BCUT2D eigenvalue weighted by Gasteiger charge is -2.27. The Morgan fingerprint density at radius 3 is 1.80 bits per heavy atom. The van der Waals surface area contributed by atoms with Gasteiger partial charge in [0.2, 0.25) is 23.1 Å². The highest BCUT2D eigenvalue weighted by molar-refractivity contribution is 6.38. The van der Waals surface area contributed by atoms with E-state index in [1.54, 1.807) is 18.2 Å². The first-order chi connectivity index (χ1) is 11.4. The maximum Gasteiger partial charge on any atom is 0.233 e. The van der Waals surface area contributed by atoms with E-state index in [1.165, 1.54) is 0 Å². The molecule has 5 heteroatoms. The maximum absolute atomic E-state index is 12.9. The standard InChI is InChI=1S/C20H25ClO4/c1-19(2,3)10-24-17-15(22)12-8-7-9-13(21)14(12)16(23)18(17)25-11-20(4,5)6/h7-9H,10-11H2,1-6H3. The van der Waals surface area contributed by atoms with Gasteiger partial charge in [-0.1, -0.05) is 65.3 Å². The van der Waals surface area contributed by atoms with Gasteiger partial charge in [0.1, 0.15) is 0 Å². The van der Waals surface area contributed by atoms with Gasteiger partial charge in [0.25, 0.3) is 0 Å². The van der Waals surface area contributed by atoms with Crippen LogP contribution >= 0.6 is 11.6 Å².